The smallest absolute Gasteiger partial charge is 0.0433 e. The third-order valence-electron chi connectivity index (χ3n) is 1.48. The second kappa shape index (κ2) is 6.43. The summed E-state index contributed by atoms with van der Waals surface area (Å²) >= 11 is 4.10. The van der Waals surface area contributed by atoms with E-state index in [0.717, 1.165) is 12.2 Å². The molecule has 0 bridgehead atoms. The van der Waals surface area contributed by atoms with Gasteiger partial charge in [-0.15, -0.1) is 0 Å². The molecule has 0 aromatic heterocycles. The van der Waals surface area contributed by atoms with Crippen LogP contribution in [0.1, 0.15) is 26.2 Å². The summed E-state index contributed by atoms with van der Waals surface area (Å²) in [5, 5.41) is 8.52. The number of hydrogen-bond donors (Lipinski definition) is 2. The van der Waals surface area contributed by atoms with Crippen molar-refractivity contribution in [1.29, 1.82) is 0 Å². The molecule has 0 aliphatic rings. The van der Waals surface area contributed by atoms with Gasteiger partial charge in [-0.1, -0.05) is 6.92 Å². The van der Waals surface area contributed by atoms with Gasteiger partial charge in [0, 0.05) is 6.61 Å². The molecule has 0 aromatic carbocycles. The van der Waals surface area contributed by atoms with E-state index < -0.39 is 0 Å². The van der Waals surface area contributed by atoms with Gasteiger partial charge >= 0.3 is 0 Å². The van der Waals surface area contributed by atoms with E-state index in [4.69, 9.17) is 5.11 Å². The lowest BCUT2D eigenvalue weighted by atomic mass is 10.0. The molecule has 9 heavy (non-hydrogen) atoms. The summed E-state index contributed by atoms with van der Waals surface area (Å²) in [6, 6.07) is 0. The van der Waals surface area contributed by atoms with E-state index in [2.05, 4.69) is 19.6 Å². The van der Waals surface area contributed by atoms with Crippen molar-refractivity contribution in [2.75, 3.05) is 12.4 Å². The van der Waals surface area contributed by atoms with E-state index in [-0.39, 0.29) is 0 Å². The van der Waals surface area contributed by atoms with Gasteiger partial charge in [0.05, 0.1) is 0 Å². The van der Waals surface area contributed by atoms with Crippen LogP contribution in [0.4, 0.5) is 0 Å². The summed E-state index contributed by atoms with van der Waals surface area (Å²) in [6.45, 7) is 2.49. The van der Waals surface area contributed by atoms with Gasteiger partial charge in [0.15, 0.2) is 0 Å². The zero-order valence-corrected chi connectivity index (χ0v) is 6.90. The summed E-state index contributed by atoms with van der Waals surface area (Å²) < 4.78 is 0. The third-order valence-corrected chi connectivity index (χ3v) is 1.79. The average Bonchev–Trinajstić information content (AvgIpc) is 1.85. The largest absolute Gasteiger partial charge is 0.396 e. The summed E-state index contributed by atoms with van der Waals surface area (Å²) in [7, 11) is 0. The van der Waals surface area contributed by atoms with Crippen LogP contribution in [0.25, 0.3) is 0 Å². The summed E-state index contributed by atoms with van der Waals surface area (Å²) in [4.78, 5) is 0. The highest BCUT2D eigenvalue weighted by molar-refractivity contribution is 7.80. The van der Waals surface area contributed by atoms with Crippen molar-refractivity contribution in [1.82, 2.24) is 0 Å². The van der Waals surface area contributed by atoms with Gasteiger partial charge in [-0.3, -0.25) is 0 Å². The Hall–Kier alpha value is 0.310. The molecule has 0 aliphatic heterocycles. The van der Waals surface area contributed by atoms with E-state index in [0.29, 0.717) is 12.5 Å². The van der Waals surface area contributed by atoms with Gasteiger partial charge in [0.2, 0.25) is 0 Å². The fraction of sp³-hybridized carbons (Fsp3) is 1.00. The molecule has 0 spiro atoms. The normalized spacial score (nSPS) is 13.7. The average molecular weight is 148 g/mol. The highest BCUT2D eigenvalue weighted by atomic mass is 32.1. The minimum atomic E-state index is 0.327. The summed E-state index contributed by atoms with van der Waals surface area (Å²) in [6.07, 6.45) is 3.31. The van der Waals surface area contributed by atoms with Gasteiger partial charge in [-0.05, 0) is 30.9 Å². The summed E-state index contributed by atoms with van der Waals surface area (Å²) in [5.41, 5.74) is 0. The maximum atomic E-state index is 8.52. The molecule has 0 aliphatic carbocycles. The molecule has 1 atom stereocenters. The van der Waals surface area contributed by atoms with E-state index in [1.54, 1.807) is 0 Å². The lowest BCUT2D eigenvalue weighted by Crippen LogP contribution is -1.97. The first-order valence-corrected chi connectivity index (χ1v) is 4.16. The molecule has 0 amide bonds. The van der Waals surface area contributed by atoms with Crippen molar-refractivity contribution in [3.63, 3.8) is 0 Å². The van der Waals surface area contributed by atoms with Crippen molar-refractivity contribution in [2.24, 2.45) is 5.92 Å². The van der Waals surface area contributed by atoms with Crippen molar-refractivity contribution < 1.29 is 5.11 Å². The Morgan fingerprint density at radius 1 is 1.44 bits per heavy atom. The molecule has 1 unspecified atom stereocenters. The molecule has 0 heterocycles. The second-order valence-electron chi connectivity index (χ2n) is 2.48. The van der Waals surface area contributed by atoms with Crippen LogP contribution in [-0.2, 0) is 0 Å². The lowest BCUT2D eigenvalue weighted by Gasteiger charge is -2.06. The predicted molar refractivity (Wildman–Crippen MR) is 44.0 cm³/mol. The molecule has 0 saturated carbocycles. The van der Waals surface area contributed by atoms with Crippen molar-refractivity contribution in [3.05, 3.63) is 0 Å². The van der Waals surface area contributed by atoms with E-state index in [1.807, 2.05) is 0 Å². The number of thiol groups is 1. The quantitative estimate of drug-likeness (QED) is 0.569. The van der Waals surface area contributed by atoms with Crippen molar-refractivity contribution in [3.8, 4) is 0 Å². The van der Waals surface area contributed by atoms with Crippen molar-refractivity contribution in [2.45, 2.75) is 26.2 Å². The zero-order valence-electron chi connectivity index (χ0n) is 6.01. The van der Waals surface area contributed by atoms with Gasteiger partial charge in [-0.2, -0.15) is 12.6 Å². The minimum absolute atomic E-state index is 0.327. The van der Waals surface area contributed by atoms with Crippen LogP contribution in [0.5, 0.6) is 0 Å². The number of aliphatic hydroxyl groups excluding tert-OH is 1. The Kier molecular flexibility index (Phi) is 6.65. The number of aliphatic hydroxyl groups is 1. The highest BCUT2D eigenvalue weighted by Gasteiger charge is 1.98. The van der Waals surface area contributed by atoms with Crippen LogP contribution in [0.3, 0.4) is 0 Å². The first-order valence-electron chi connectivity index (χ1n) is 3.53. The van der Waals surface area contributed by atoms with Crippen LogP contribution in [0.15, 0.2) is 0 Å². The minimum Gasteiger partial charge on any atom is -0.396 e. The molecule has 0 radical (unpaired) electrons. The summed E-state index contributed by atoms with van der Waals surface area (Å²) in [5.74, 6) is 1.64. The standard InChI is InChI=1S/C7H16OS/c1-7(4-5-8)3-2-6-9/h7-9H,2-6H2,1H3. The Morgan fingerprint density at radius 3 is 2.56 bits per heavy atom. The van der Waals surface area contributed by atoms with Gasteiger partial charge in [-0.25, -0.2) is 0 Å². The van der Waals surface area contributed by atoms with Crippen LogP contribution < -0.4 is 0 Å². The van der Waals surface area contributed by atoms with Crippen LogP contribution in [0.2, 0.25) is 0 Å². The van der Waals surface area contributed by atoms with E-state index in [1.165, 1.54) is 12.8 Å². The van der Waals surface area contributed by atoms with E-state index in [9.17, 15) is 0 Å². The molecule has 2 heteroatoms. The predicted octanol–water partition coefficient (Wildman–Crippen LogP) is 1.71. The van der Waals surface area contributed by atoms with Gasteiger partial charge < -0.3 is 5.11 Å². The third kappa shape index (κ3) is 6.19. The zero-order chi connectivity index (χ0) is 7.11. The fourth-order valence-electron chi connectivity index (χ4n) is 0.804. The van der Waals surface area contributed by atoms with Gasteiger partial charge in [0.25, 0.3) is 0 Å². The van der Waals surface area contributed by atoms with Crippen molar-refractivity contribution >= 4 is 12.6 Å². The molecule has 56 valence electrons. The monoisotopic (exact) mass is 148 g/mol. The first-order chi connectivity index (χ1) is 4.31. The van der Waals surface area contributed by atoms with Crippen LogP contribution in [0, 0.1) is 5.92 Å². The molecule has 0 rings (SSSR count). The molecular weight excluding hydrogens is 132 g/mol. The number of rotatable bonds is 5. The number of hydrogen-bond acceptors (Lipinski definition) is 2. The Labute approximate surface area is 62.9 Å². The Balaban J connectivity index is 2.95. The molecule has 1 nitrogen and oxygen atoms in total. The van der Waals surface area contributed by atoms with Gasteiger partial charge in [0.1, 0.15) is 0 Å². The Morgan fingerprint density at radius 2 is 2.11 bits per heavy atom. The van der Waals surface area contributed by atoms with E-state index >= 15 is 0 Å². The Bertz CT molecular complexity index is 56.9. The topological polar surface area (TPSA) is 20.2 Å². The maximum Gasteiger partial charge on any atom is 0.0433 e. The lowest BCUT2D eigenvalue weighted by molar-refractivity contribution is 0.258. The fourth-order valence-corrected chi connectivity index (χ4v) is 0.987. The molecular formula is C7H16OS. The highest BCUT2D eigenvalue weighted by Crippen LogP contribution is 2.09. The second-order valence-corrected chi connectivity index (χ2v) is 2.93. The maximum absolute atomic E-state index is 8.52. The van der Waals surface area contributed by atoms with Crippen LogP contribution in [-0.4, -0.2) is 17.5 Å². The molecule has 1 N–H and O–H groups in total. The molecule has 0 fully saturated rings. The first kappa shape index (κ1) is 9.31. The van der Waals surface area contributed by atoms with Crippen LogP contribution >= 0.6 is 12.6 Å². The molecule has 0 saturated heterocycles. The molecule has 0 aromatic rings. The SMILES string of the molecule is CC(CCO)CCCS.